The molecule has 0 saturated heterocycles. The van der Waals surface area contributed by atoms with Crippen molar-refractivity contribution in [3.05, 3.63) is 29.8 Å². The normalized spacial score (nSPS) is 15.6. The Morgan fingerprint density at radius 3 is 2.48 bits per heavy atom. The molecule has 0 unspecified atom stereocenters. The lowest BCUT2D eigenvalue weighted by Crippen LogP contribution is -2.54. The summed E-state index contributed by atoms with van der Waals surface area (Å²) in [6.07, 6.45) is 3.60. The first-order valence-corrected chi connectivity index (χ1v) is 9.94. The van der Waals surface area contributed by atoms with Crippen molar-refractivity contribution in [3.8, 4) is 5.75 Å². The highest BCUT2D eigenvalue weighted by Gasteiger charge is 2.36. The van der Waals surface area contributed by atoms with E-state index < -0.39 is 28.9 Å². The second kappa shape index (κ2) is 9.89. The Bertz CT molecular complexity index is 713. The van der Waals surface area contributed by atoms with Crippen molar-refractivity contribution >= 4 is 12.0 Å². The van der Waals surface area contributed by atoms with Crippen LogP contribution in [0.2, 0.25) is 0 Å². The summed E-state index contributed by atoms with van der Waals surface area (Å²) < 4.78 is 36.9. The molecule has 0 aliphatic heterocycles. The van der Waals surface area contributed by atoms with E-state index in [2.05, 4.69) is 10.6 Å². The lowest BCUT2D eigenvalue weighted by atomic mass is 9.97. The molecule has 0 radical (unpaired) electrons. The van der Waals surface area contributed by atoms with Gasteiger partial charge in [-0.15, -0.1) is 0 Å². The molecule has 6 nitrogen and oxygen atoms in total. The molecule has 1 aromatic rings. The van der Waals surface area contributed by atoms with Crippen LogP contribution < -0.4 is 15.4 Å². The van der Waals surface area contributed by atoms with Crippen LogP contribution in [0.25, 0.3) is 0 Å². The molecule has 1 aromatic carbocycles. The number of alkyl carbamates (subject to hydrolysis) is 1. The Balaban J connectivity index is 1.76. The Kier molecular flexibility index (Phi) is 7.81. The molecule has 0 bridgehead atoms. The summed E-state index contributed by atoms with van der Waals surface area (Å²) in [4.78, 5) is 24.3. The fourth-order valence-corrected chi connectivity index (χ4v) is 3.32. The number of benzene rings is 1. The highest BCUT2D eigenvalue weighted by atomic mass is 19.1. The first-order chi connectivity index (χ1) is 13.6. The van der Waals surface area contributed by atoms with Gasteiger partial charge in [0.25, 0.3) is 0 Å². The van der Waals surface area contributed by atoms with Crippen LogP contribution in [-0.2, 0) is 9.53 Å². The van der Waals surface area contributed by atoms with Crippen molar-refractivity contribution in [2.24, 2.45) is 0 Å². The standard InChI is InChI=1S/C21H30F2N2O4/c1-20(2,3)29-19(27)24-14-21(10-4-5-11-21)25-18(26)7-6-12-28-17-9-8-15(22)13-16(17)23/h8-9,13H,4-7,10-12,14H2,1-3H3,(H,24,27)(H,25,26). The Morgan fingerprint density at radius 2 is 1.86 bits per heavy atom. The largest absolute Gasteiger partial charge is 0.491 e. The average Bonchev–Trinajstić information content (AvgIpc) is 3.06. The monoisotopic (exact) mass is 412 g/mol. The third-order valence-electron chi connectivity index (χ3n) is 4.63. The lowest BCUT2D eigenvalue weighted by molar-refractivity contribution is -0.123. The van der Waals surface area contributed by atoms with E-state index in [1.54, 1.807) is 20.8 Å². The quantitative estimate of drug-likeness (QED) is 0.631. The van der Waals surface area contributed by atoms with Crippen molar-refractivity contribution in [3.63, 3.8) is 0 Å². The summed E-state index contributed by atoms with van der Waals surface area (Å²) in [6.45, 7) is 5.82. The van der Waals surface area contributed by atoms with Gasteiger partial charge in [0, 0.05) is 19.0 Å². The molecule has 2 N–H and O–H groups in total. The summed E-state index contributed by atoms with van der Waals surface area (Å²) in [5.74, 6) is -1.63. The van der Waals surface area contributed by atoms with E-state index in [1.165, 1.54) is 6.07 Å². The second-order valence-electron chi connectivity index (χ2n) is 8.42. The number of hydrogen-bond acceptors (Lipinski definition) is 4. The summed E-state index contributed by atoms with van der Waals surface area (Å²) in [6, 6.07) is 3.09. The highest BCUT2D eigenvalue weighted by molar-refractivity contribution is 5.77. The molecule has 2 amide bonds. The molecule has 8 heteroatoms. The van der Waals surface area contributed by atoms with E-state index in [-0.39, 0.29) is 24.7 Å². The van der Waals surface area contributed by atoms with Crippen LogP contribution in [0.5, 0.6) is 5.75 Å². The molecule has 162 valence electrons. The summed E-state index contributed by atoms with van der Waals surface area (Å²) in [5.41, 5.74) is -1.06. The maximum atomic E-state index is 13.5. The van der Waals surface area contributed by atoms with Gasteiger partial charge in [0.15, 0.2) is 11.6 Å². The zero-order chi connectivity index (χ0) is 21.5. The maximum absolute atomic E-state index is 13.5. The van der Waals surface area contributed by atoms with Gasteiger partial charge in [-0.2, -0.15) is 0 Å². The van der Waals surface area contributed by atoms with Gasteiger partial charge in [0.2, 0.25) is 5.91 Å². The van der Waals surface area contributed by atoms with Gasteiger partial charge in [-0.25, -0.2) is 13.6 Å². The number of ether oxygens (including phenoxy) is 2. The Morgan fingerprint density at radius 1 is 1.17 bits per heavy atom. The first-order valence-electron chi connectivity index (χ1n) is 9.94. The summed E-state index contributed by atoms with van der Waals surface area (Å²) in [5, 5.41) is 5.79. The van der Waals surface area contributed by atoms with Crippen molar-refractivity contribution in [1.82, 2.24) is 10.6 Å². The Hall–Kier alpha value is -2.38. The van der Waals surface area contributed by atoms with E-state index in [1.807, 2.05) is 0 Å². The van der Waals surface area contributed by atoms with Crippen LogP contribution in [0.3, 0.4) is 0 Å². The van der Waals surface area contributed by atoms with Gasteiger partial charge in [0.1, 0.15) is 11.4 Å². The fraction of sp³-hybridized carbons (Fsp3) is 0.619. The van der Waals surface area contributed by atoms with Gasteiger partial charge in [-0.3, -0.25) is 4.79 Å². The number of nitrogens with one attached hydrogen (secondary N) is 2. The minimum Gasteiger partial charge on any atom is -0.491 e. The van der Waals surface area contributed by atoms with Gasteiger partial charge >= 0.3 is 6.09 Å². The minimum absolute atomic E-state index is 0.0411. The Labute approximate surface area is 170 Å². The number of carbonyl (C=O) groups is 2. The lowest BCUT2D eigenvalue weighted by Gasteiger charge is -2.31. The molecule has 2 rings (SSSR count). The first kappa shape index (κ1) is 22.9. The summed E-state index contributed by atoms with van der Waals surface area (Å²) in [7, 11) is 0. The smallest absolute Gasteiger partial charge is 0.407 e. The van der Waals surface area contributed by atoms with Crippen molar-refractivity contribution < 1.29 is 27.8 Å². The number of hydrogen-bond donors (Lipinski definition) is 2. The van der Waals surface area contributed by atoms with E-state index in [4.69, 9.17) is 9.47 Å². The van der Waals surface area contributed by atoms with Gasteiger partial charge in [-0.1, -0.05) is 12.8 Å². The number of halogens is 2. The summed E-state index contributed by atoms with van der Waals surface area (Å²) >= 11 is 0. The SMILES string of the molecule is CC(C)(C)OC(=O)NCC1(NC(=O)CCCOc2ccc(F)cc2F)CCCC1. The molecule has 0 atom stereocenters. The molecule has 0 aromatic heterocycles. The predicted octanol–water partition coefficient (Wildman–Crippen LogP) is 4.08. The van der Waals surface area contributed by atoms with Crippen LogP contribution in [-0.4, -0.2) is 36.3 Å². The molecule has 1 aliphatic rings. The molecular formula is C21H30F2N2O4. The number of amides is 2. The molecule has 29 heavy (non-hydrogen) atoms. The average molecular weight is 412 g/mol. The van der Waals surface area contributed by atoms with Crippen LogP contribution in [0.1, 0.15) is 59.3 Å². The van der Waals surface area contributed by atoms with Gasteiger partial charge in [-0.05, 0) is 52.2 Å². The van der Waals surface area contributed by atoms with E-state index in [0.29, 0.717) is 13.0 Å². The van der Waals surface area contributed by atoms with Crippen molar-refractivity contribution in [2.75, 3.05) is 13.2 Å². The third-order valence-corrected chi connectivity index (χ3v) is 4.63. The van der Waals surface area contributed by atoms with Crippen LogP contribution in [0, 0.1) is 11.6 Å². The number of carbonyl (C=O) groups excluding carboxylic acids is 2. The number of rotatable bonds is 8. The topological polar surface area (TPSA) is 76.7 Å². The highest BCUT2D eigenvalue weighted by Crippen LogP contribution is 2.29. The minimum atomic E-state index is -0.771. The zero-order valence-electron chi connectivity index (χ0n) is 17.3. The van der Waals surface area contributed by atoms with Gasteiger partial charge < -0.3 is 20.1 Å². The molecule has 1 fully saturated rings. The van der Waals surface area contributed by atoms with Crippen LogP contribution in [0.15, 0.2) is 18.2 Å². The molecular weight excluding hydrogens is 382 g/mol. The van der Waals surface area contributed by atoms with E-state index in [0.717, 1.165) is 37.8 Å². The predicted molar refractivity (Wildman–Crippen MR) is 105 cm³/mol. The molecule has 0 heterocycles. The molecule has 1 aliphatic carbocycles. The van der Waals surface area contributed by atoms with Crippen LogP contribution >= 0.6 is 0 Å². The van der Waals surface area contributed by atoms with Gasteiger partial charge in [0.05, 0.1) is 12.1 Å². The van der Waals surface area contributed by atoms with E-state index >= 15 is 0 Å². The van der Waals surface area contributed by atoms with Crippen LogP contribution in [0.4, 0.5) is 13.6 Å². The van der Waals surface area contributed by atoms with Crippen molar-refractivity contribution in [1.29, 1.82) is 0 Å². The molecule has 0 spiro atoms. The second-order valence-corrected chi connectivity index (χ2v) is 8.42. The van der Waals surface area contributed by atoms with E-state index in [9.17, 15) is 18.4 Å². The fourth-order valence-electron chi connectivity index (χ4n) is 3.32. The van der Waals surface area contributed by atoms with Crippen molar-refractivity contribution in [2.45, 2.75) is 70.4 Å². The maximum Gasteiger partial charge on any atom is 0.407 e. The third kappa shape index (κ3) is 7.87. The zero-order valence-corrected chi connectivity index (χ0v) is 17.3. The molecule has 1 saturated carbocycles.